The highest BCUT2D eigenvalue weighted by molar-refractivity contribution is 8.07. The van der Waals surface area contributed by atoms with E-state index >= 15 is 0 Å². The van der Waals surface area contributed by atoms with Gasteiger partial charge >= 0.3 is 6.72 Å². The van der Waals surface area contributed by atoms with E-state index in [-0.39, 0.29) is 18.8 Å². The van der Waals surface area contributed by atoms with E-state index in [1.165, 1.54) is 0 Å². The quantitative estimate of drug-likeness (QED) is 0.486. The summed E-state index contributed by atoms with van der Waals surface area (Å²) in [4.78, 5) is 0. The van der Waals surface area contributed by atoms with Crippen molar-refractivity contribution < 1.29 is 32.5 Å². The van der Waals surface area contributed by atoms with Gasteiger partial charge in [0.25, 0.3) is 0 Å². The van der Waals surface area contributed by atoms with Gasteiger partial charge in [-0.1, -0.05) is 36.4 Å². The largest absolute Gasteiger partial charge is 0.435 e. The van der Waals surface area contributed by atoms with Crippen LogP contribution in [0.4, 0.5) is 0 Å². The maximum Gasteiger partial charge on any atom is 0.435 e. The Morgan fingerprint density at radius 2 is 1.41 bits per heavy atom. The van der Waals surface area contributed by atoms with Crippen LogP contribution in [0, 0.1) is 0 Å². The Balaban J connectivity index is 1.50. The average Bonchev–Trinajstić information content (AvgIpc) is 3.26. The summed E-state index contributed by atoms with van der Waals surface area (Å²) in [6, 6.07) is 18.5. The van der Waals surface area contributed by atoms with Crippen molar-refractivity contribution in [1.29, 1.82) is 0 Å². The van der Waals surface area contributed by atoms with Gasteiger partial charge in [-0.05, 0) is 52.0 Å². The molecule has 3 atom stereocenters. The zero-order valence-electron chi connectivity index (χ0n) is 18.6. The summed E-state index contributed by atoms with van der Waals surface area (Å²) in [5.41, 5.74) is 0. The first-order chi connectivity index (χ1) is 15.1. The van der Waals surface area contributed by atoms with Crippen molar-refractivity contribution in [2.24, 2.45) is 0 Å². The molecule has 0 aromatic heterocycles. The normalized spacial score (nSPS) is 26.7. The van der Waals surface area contributed by atoms with Crippen LogP contribution in [-0.4, -0.2) is 43.1 Å². The zero-order chi connectivity index (χ0) is 22.8. The Morgan fingerprint density at radius 1 is 0.844 bits per heavy atom. The van der Waals surface area contributed by atoms with Crippen LogP contribution in [0.3, 0.4) is 0 Å². The Labute approximate surface area is 194 Å². The molecule has 32 heavy (non-hydrogen) atoms. The Kier molecular flexibility index (Phi) is 6.94. The minimum atomic E-state index is -3.22. The van der Waals surface area contributed by atoms with Crippen molar-refractivity contribution in [2.75, 3.05) is 13.2 Å². The first kappa shape index (κ1) is 23.6. The minimum Gasteiger partial charge on any atom is -0.416 e. The van der Waals surface area contributed by atoms with Gasteiger partial charge in [0.1, 0.15) is 29.8 Å². The highest BCUT2D eigenvalue weighted by Crippen LogP contribution is 2.50. The van der Waals surface area contributed by atoms with E-state index in [2.05, 4.69) is 0 Å². The van der Waals surface area contributed by atoms with E-state index in [9.17, 15) is 0 Å². The van der Waals surface area contributed by atoms with Crippen LogP contribution in [0.25, 0.3) is 0 Å². The van der Waals surface area contributed by atoms with Crippen molar-refractivity contribution >= 4 is 18.5 Å². The third kappa shape index (κ3) is 6.08. The van der Waals surface area contributed by atoms with E-state index < -0.39 is 24.4 Å². The summed E-state index contributed by atoms with van der Waals surface area (Å²) in [7, 11) is 0. The molecule has 2 aromatic carbocycles. The Bertz CT molecular complexity index is 892. The molecule has 2 saturated heterocycles. The van der Waals surface area contributed by atoms with Crippen LogP contribution in [0.15, 0.2) is 60.7 Å². The van der Waals surface area contributed by atoms with Crippen LogP contribution >= 0.6 is 6.72 Å². The summed E-state index contributed by atoms with van der Waals surface area (Å²) < 4.78 is 42.2. The number of benzene rings is 2. The number of para-hydroxylation sites is 2. The van der Waals surface area contributed by atoms with Gasteiger partial charge in [0, 0.05) is 11.8 Å². The molecule has 7 nitrogen and oxygen atoms in total. The highest BCUT2D eigenvalue weighted by Gasteiger charge is 2.50. The van der Waals surface area contributed by atoms with Gasteiger partial charge in [-0.2, -0.15) is 0 Å². The molecule has 2 heterocycles. The minimum absolute atomic E-state index is 0.116. The second-order valence-electron chi connectivity index (χ2n) is 8.56. The van der Waals surface area contributed by atoms with E-state index in [1.54, 1.807) is 0 Å². The summed E-state index contributed by atoms with van der Waals surface area (Å²) >= 11 is 5.76. The standard InChI is InChI=1S/C23H29O7PS/c1-22(2)24-15-19(26-22)21-20(27-23(3,4)28-21)16-25-31(32,29-17-11-7-5-8-12-17)30-18-13-9-6-10-14-18/h5-14,19-21H,15-16H2,1-4H3/t19-,20+,21+/m0/s1. The third-order valence-electron chi connectivity index (χ3n) is 4.94. The number of hydrogen-bond acceptors (Lipinski definition) is 8. The summed E-state index contributed by atoms with van der Waals surface area (Å²) in [5, 5.41) is 0. The topological polar surface area (TPSA) is 64.6 Å². The molecule has 2 fully saturated rings. The van der Waals surface area contributed by atoms with Gasteiger partial charge in [0.2, 0.25) is 0 Å². The van der Waals surface area contributed by atoms with Gasteiger partial charge < -0.3 is 28.0 Å². The van der Waals surface area contributed by atoms with Gasteiger partial charge in [0.05, 0.1) is 13.2 Å². The van der Waals surface area contributed by atoms with Crippen molar-refractivity contribution in [3.63, 3.8) is 0 Å². The van der Waals surface area contributed by atoms with E-state index in [0.717, 1.165) is 0 Å². The van der Waals surface area contributed by atoms with Gasteiger partial charge in [0.15, 0.2) is 11.6 Å². The molecule has 2 aromatic rings. The molecular weight excluding hydrogens is 451 g/mol. The lowest BCUT2D eigenvalue weighted by atomic mass is 10.1. The molecular formula is C23H29O7PS. The molecule has 0 aliphatic carbocycles. The predicted molar refractivity (Wildman–Crippen MR) is 123 cm³/mol. The first-order valence-electron chi connectivity index (χ1n) is 10.5. The fourth-order valence-corrected chi connectivity index (χ4v) is 5.57. The molecule has 9 heteroatoms. The van der Waals surface area contributed by atoms with Gasteiger partial charge in [-0.3, -0.25) is 4.52 Å². The van der Waals surface area contributed by atoms with Crippen molar-refractivity contribution in [3.8, 4) is 11.5 Å². The molecule has 0 radical (unpaired) electrons. The first-order valence-corrected chi connectivity index (χ1v) is 13.1. The Morgan fingerprint density at radius 3 is 1.91 bits per heavy atom. The Hall–Kier alpha value is -1.51. The lowest BCUT2D eigenvalue weighted by molar-refractivity contribution is -0.174. The molecule has 0 N–H and O–H groups in total. The fourth-order valence-electron chi connectivity index (χ4n) is 3.64. The maximum atomic E-state index is 6.14. The average molecular weight is 481 g/mol. The van der Waals surface area contributed by atoms with Crippen molar-refractivity contribution in [2.45, 2.75) is 57.6 Å². The summed E-state index contributed by atoms with van der Waals surface area (Å²) in [6.07, 6.45) is -1.11. The molecule has 174 valence electrons. The number of rotatable bonds is 8. The zero-order valence-corrected chi connectivity index (χ0v) is 20.3. The lowest BCUT2D eigenvalue weighted by Crippen LogP contribution is -2.40. The van der Waals surface area contributed by atoms with Crippen LogP contribution in [0.2, 0.25) is 0 Å². The lowest BCUT2D eigenvalue weighted by Gasteiger charge is -2.26. The highest BCUT2D eigenvalue weighted by atomic mass is 32.5. The molecule has 0 bridgehead atoms. The fraction of sp³-hybridized carbons (Fsp3) is 0.478. The third-order valence-corrected chi connectivity index (χ3v) is 7.03. The maximum absolute atomic E-state index is 6.14. The number of ether oxygens (including phenoxy) is 4. The van der Waals surface area contributed by atoms with E-state index in [0.29, 0.717) is 18.1 Å². The smallest absolute Gasteiger partial charge is 0.416 e. The van der Waals surface area contributed by atoms with Gasteiger partial charge in [-0.15, -0.1) is 0 Å². The van der Waals surface area contributed by atoms with E-state index in [4.69, 9.17) is 44.3 Å². The molecule has 0 unspecified atom stereocenters. The van der Waals surface area contributed by atoms with E-state index in [1.807, 2.05) is 88.4 Å². The van der Waals surface area contributed by atoms with Crippen LogP contribution in [-0.2, 0) is 35.3 Å². The second-order valence-corrected chi connectivity index (χ2v) is 11.4. The van der Waals surface area contributed by atoms with Crippen molar-refractivity contribution in [3.05, 3.63) is 60.7 Å². The van der Waals surface area contributed by atoms with Crippen LogP contribution in [0.5, 0.6) is 11.5 Å². The summed E-state index contributed by atoms with van der Waals surface area (Å²) in [6.45, 7) is 4.78. The van der Waals surface area contributed by atoms with Gasteiger partial charge in [-0.25, -0.2) is 0 Å². The number of hydrogen-bond donors (Lipinski definition) is 0. The second kappa shape index (κ2) is 9.39. The molecule has 4 rings (SSSR count). The summed E-state index contributed by atoms with van der Waals surface area (Å²) in [5.74, 6) is -0.325. The monoisotopic (exact) mass is 480 g/mol. The van der Waals surface area contributed by atoms with Crippen LogP contribution in [0.1, 0.15) is 27.7 Å². The molecule has 2 aliphatic rings. The molecule has 0 spiro atoms. The molecule has 0 saturated carbocycles. The predicted octanol–water partition coefficient (Wildman–Crippen LogP) is 5.06. The SMILES string of the molecule is CC1(C)OC[C@@H]([C@H]2OC(C)(C)O[C@@H]2COP(=S)(Oc2ccccc2)Oc2ccccc2)O1. The molecule has 2 aliphatic heterocycles. The van der Waals surface area contributed by atoms with Crippen LogP contribution < -0.4 is 9.05 Å². The van der Waals surface area contributed by atoms with Crippen molar-refractivity contribution in [1.82, 2.24) is 0 Å². The molecule has 0 amide bonds.